The van der Waals surface area contributed by atoms with Crippen LogP contribution in [0.4, 0.5) is 8.78 Å². The summed E-state index contributed by atoms with van der Waals surface area (Å²) in [6, 6.07) is 3.05. The zero-order chi connectivity index (χ0) is 20.3. The highest BCUT2D eigenvalue weighted by molar-refractivity contribution is 5.45. The molecule has 2 fully saturated rings. The molecule has 0 unspecified atom stereocenters. The first kappa shape index (κ1) is 21.1. The highest BCUT2D eigenvalue weighted by atomic mass is 19.3. The molecule has 2 nitrogen and oxygen atoms in total. The second-order valence-electron chi connectivity index (χ2n) is 8.79. The first-order chi connectivity index (χ1) is 13.3. The summed E-state index contributed by atoms with van der Waals surface area (Å²) in [6.07, 6.45) is 7.11. The smallest absolute Gasteiger partial charge is 0.400 e. The minimum Gasteiger partial charge on any atom is -0.507 e. The van der Waals surface area contributed by atoms with Gasteiger partial charge in [-0.2, -0.15) is 8.78 Å². The molecule has 0 bridgehead atoms. The first-order valence-electron chi connectivity index (χ1n) is 10.9. The van der Waals surface area contributed by atoms with E-state index in [9.17, 15) is 13.9 Å². The molecule has 0 saturated heterocycles. The Morgan fingerprint density at radius 2 is 1.64 bits per heavy atom. The fourth-order valence-electron chi connectivity index (χ4n) is 5.16. The SMILES string of the molecule is C=CC1CCC(C2CCC(C(F)(F)Oc3cc(C)c(O)c(CC)c3)CC2)CC1. The molecule has 3 rings (SSSR count). The number of phenols is 1. The molecule has 2 aliphatic carbocycles. The summed E-state index contributed by atoms with van der Waals surface area (Å²) < 4.78 is 34.8. The molecule has 0 aromatic heterocycles. The van der Waals surface area contributed by atoms with Crippen molar-refractivity contribution >= 4 is 0 Å². The van der Waals surface area contributed by atoms with Gasteiger partial charge < -0.3 is 9.84 Å². The number of aromatic hydroxyl groups is 1. The van der Waals surface area contributed by atoms with Crippen LogP contribution < -0.4 is 4.74 Å². The van der Waals surface area contributed by atoms with E-state index < -0.39 is 12.0 Å². The first-order valence-corrected chi connectivity index (χ1v) is 10.9. The van der Waals surface area contributed by atoms with Crippen molar-refractivity contribution in [3.63, 3.8) is 0 Å². The van der Waals surface area contributed by atoms with Crippen molar-refractivity contribution in [2.75, 3.05) is 0 Å². The largest absolute Gasteiger partial charge is 0.507 e. The van der Waals surface area contributed by atoms with Crippen LogP contribution in [0.25, 0.3) is 0 Å². The monoisotopic (exact) mass is 392 g/mol. The Labute approximate surface area is 168 Å². The van der Waals surface area contributed by atoms with E-state index in [1.807, 2.05) is 6.92 Å². The summed E-state index contributed by atoms with van der Waals surface area (Å²) >= 11 is 0. The van der Waals surface area contributed by atoms with Crippen molar-refractivity contribution < 1.29 is 18.6 Å². The van der Waals surface area contributed by atoms with Gasteiger partial charge in [0.05, 0.1) is 5.92 Å². The van der Waals surface area contributed by atoms with Gasteiger partial charge in [-0.1, -0.05) is 13.0 Å². The summed E-state index contributed by atoms with van der Waals surface area (Å²) in [4.78, 5) is 0. The van der Waals surface area contributed by atoms with Gasteiger partial charge in [0, 0.05) is 0 Å². The lowest BCUT2D eigenvalue weighted by Crippen LogP contribution is -2.38. The number of ether oxygens (including phenoxy) is 1. The fraction of sp³-hybridized carbons (Fsp3) is 0.667. The number of hydrogen-bond acceptors (Lipinski definition) is 2. The molecule has 0 atom stereocenters. The number of alkyl halides is 2. The standard InChI is InChI=1S/C24H34F2O2/c1-4-17-6-8-19(9-7-17)20-10-12-21(13-11-20)24(25,26)28-22-14-16(3)23(27)18(5-2)15-22/h4,14-15,17,19-21,27H,1,5-13H2,2-3H3. The molecule has 0 amide bonds. The van der Waals surface area contributed by atoms with Gasteiger partial charge in [-0.3, -0.25) is 0 Å². The summed E-state index contributed by atoms with van der Waals surface area (Å²) in [5.41, 5.74) is 1.22. The van der Waals surface area contributed by atoms with Crippen LogP contribution in [0.5, 0.6) is 11.5 Å². The molecule has 0 radical (unpaired) electrons. The molecule has 1 aromatic rings. The molecular weight excluding hydrogens is 358 g/mol. The maximum Gasteiger partial charge on any atom is 0.400 e. The number of phenolic OH excluding ortho intramolecular Hbond substituents is 1. The predicted octanol–water partition coefficient (Wildman–Crippen LogP) is 7.03. The van der Waals surface area contributed by atoms with Gasteiger partial charge in [0.2, 0.25) is 0 Å². The summed E-state index contributed by atoms with van der Waals surface area (Å²) in [6.45, 7) is 7.51. The molecule has 4 heteroatoms. The summed E-state index contributed by atoms with van der Waals surface area (Å²) in [7, 11) is 0. The van der Waals surface area contributed by atoms with Gasteiger partial charge in [-0.05, 0) is 106 Å². The van der Waals surface area contributed by atoms with Crippen LogP contribution in [0.1, 0.15) is 69.4 Å². The van der Waals surface area contributed by atoms with Crippen LogP contribution in [0.2, 0.25) is 0 Å². The Morgan fingerprint density at radius 3 is 2.18 bits per heavy atom. The molecule has 1 aromatic carbocycles. The molecule has 1 N–H and O–H groups in total. The topological polar surface area (TPSA) is 29.5 Å². The van der Waals surface area contributed by atoms with Crippen molar-refractivity contribution in [1.29, 1.82) is 0 Å². The number of aryl methyl sites for hydroxylation is 2. The molecule has 0 aliphatic heterocycles. The Bertz CT molecular complexity index is 669. The van der Waals surface area contributed by atoms with Gasteiger partial charge in [0.15, 0.2) is 0 Å². The van der Waals surface area contributed by atoms with Gasteiger partial charge >= 0.3 is 6.11 Å². The number of hydrogen-bond donors (Lipinski definition) is 1. The maximum atomic E-state index is 14.8. The Balaban J connectivity index is 1.57. The van der Waals surface area contributed by atoms with Crippen molar-refractivity contribution in [2.24, 2.45) is 23.7 Å². The zero-order valence-corrected chi connectivity index (χ0v) is 17.2. The molecule has 2 aliphatic rings. The Hall–Kier alpha value is -1.58. The van der Waals surface area contributed by atoms with E-state index in [1.165, 1.54) is 31.7 Å². The number of rotatable bonds is 6. The van der Waals surface area contributed by atoms with E-state index in [-0.39, 0.29) is 11.5 Å². The van der Waals surface area contributed by atoms with Crippen LogP contribution in [-0.2, 0) is 6.42 Å². The van der Waals surface area contributed by atoms with E-state index in [4.69, 9.17) is 4.74 Å². The second-order valence-corrected chi connectivity index (χ2v) is 8.79. The van der Waals surface area contributed by atoms with E-state index in [1.54, 1.807) is 13.0 Å². The predicted molar refractivity (Wildman–Crippen MR) is 109 cm³/mol. The lowest BCUT2D eigenvalue weighted by molar-refractivity contribution is -0.224. The molecule has 0 spiro atoms. The van der Waals surface area contributed by atoms with Crippen LogP contribution >= 0.6 is 0 Å². The van der Waals surface area contributed by atoms with Gasteiger partial charge in [0.25, 0.3) is 0 Å². The lowest BCUT2D eigenvalue weighted by atomic mass is 9.69. The van der Waals surface area contributed by atoms with Gasteiger partial charge in [0.1, 0.15) is 11.5 Å². The highest BCUT2D eigenvalue weighted by Gasteiger charge is 2.45. The van der Waals surface area contributed by atoms with Crippen LogP contribution in [0, 0.1) is 30.6 Å². The van der Waals surface area contributed by atoms with E-state index in [0.29, 0.717) is 48.1 Å². The van der Waals surface area contributed by atoms with E-state index >= 15 is 0 Å². The van der Waals surface area contributed by atoms with E-state index in [2.05, 4.69) is 12.7 Å². The van der Waals surface area contributed by atoms with Crippen LogP contribution in [0.3, 0.4) is 0 Å². The molecule has 0 heterocycles. The molecular formula is C24H34F2O2. The van der Waals surface area contributed by atoms with Crippen molar-refractivity contribution in [2.45, 2.75) is 77.7 Å². The van der Waals surface area contributed by atoms with E-state index in [0.717, 1.165) is 12.8 Å². The summed E-state index contributed by atoms with van der Waals surface area (Å²) in [5, 5.41) is 10.0. The number of allylic oxidation sites excluding steroid dienone is 1. The molecule has 2 saturated carbocycles. The molecule has 28 heavy (non-hydrogen) atoms. The lowest BCUT2D eigenvalue weighted by Gasteiger charge is -2.39. The zero-order valence-electron chi connectivity index (χ0n) is 17.2. The second kappa shape index (κ2) is 8.84. The fourth-order valence-corrected chi connectivity index (χ4v) is 5.16. The quantitative estimate of drug-likeness (QED) is 0.526. The van der Waals surface area contributed by atoms with Crippen molar-refractivity contribution in [1.82, 2.24) is 0 Å². The average molecular weight is 393 g/mol. The third kappa shape index (κ3) is 4.69. The minimum atomic E-state index is -3.17. The van der Waals surface area contributed by atoms with Crippen molar-refractivity contribution in [3.05, 3.63) is 35.9 Å². The van der Waals surface area contributed by atoms with Gasteiger partial charge in [-0.25, -0.2) is 0 Å². The number of benzene rings is 1. The summed E-state index contributed by atoms with van der Waals surface area (Å²) in [5.74, 6) is 1.52. The normalized spacial score (nSPS) is 28.7. The number of halogens is 2. The third-order valence-corrected chi connectivity index (χ3v) is 7.05. The van der Waals surface area contributed by atoms with Crippen LogP contribution in [-0.4, -0.2) is 11.2 Å². The average Bonchev–Trinajstić information content (AvgIpc) is 2.70. The Morgan fingerprint density at radius 1 is 1.07 bits per heavy atom. The van der Waals surface area contributed by atoms with Crippen LogP contribution in [0.15, 0.2) is 24.8 Å². The molecule has 156 valence electrons. The van der Waals surface area contributed by atoms with Crippen molar-refractivity contribution in [3.8, 4) is 11.5 Å². The maximum absolute atomic E-state index is 14.8. The van der Waals surface area contributed by atoms with Gasteiger partial charge in [-0.15, -0.1) is 6.58 Å². The Kier molecular flexibility index (Phi) is 6.67. The highest BCUT2D eigenvalue weighted by Crippen LogP contribution is 2.45. The minimum absolute atomic E-state index is 0.155. The third-order valence-electron chi connectivity index (χ3n) is 7.05.